The van der Waals surface area contributed by atoms with E-state index in [1.54, 1.807) is 12.4 Å². The molecule has 0 aliphatic heterocycles. The zero-order valence-electron chi connectivity index (χ0n) is 15.4. The Balaban J connectivity index is 1.43. The Morgan fingerprint density at radius 3 is 1.64 bits per heavy atom. The fraction of sp³-hybridized carbons (Fsp3) is 0.200. The second-order valence-electron chi connectivity index (χ2n) is 6.26. The van der Waals surface area contributed by atoms with Gasteiger partial charge < -0.3 is 10.6 Å². The van der Waals surface area contributed by atoms with E-state index >= 15 is 0 Å². The van der Waals surface area contributed by atoms with E-state index in [0.717, 1.165) is 23.0 Å². The first kappa shape index (κ1) is 18.0. The van der Waals surface area contributed by atoms with E-state index in [1.165, 1.54) is 0 Å². The predicted molar refractivity (Wildman–Crippen MR) is 105 cm³/mol. The van der Waals surface area contributed by atoms with Gasteiger partial charge in [-0.1, -0.05) is 12.1 Å². The molecule has 0 bridgehead atoms. The molecule has 2 N–H and O–H groups in total. The minimum Gasteiger partial charge on any atom is -0.304 e. The molecule has 0 aromatic carbocycles. The SMILES string of the molecule is c1ccc(CNCc2nnc(CNCc3ccccn3)n2-n2cccc2)nc1. The normalized spacial score (nSPS) is 11.0. The van der Waals surface area contributed by atoms with Crippen molar-refractivity contribution in [2.75, 3.05) is 0 Å². The summed E-state index contributed by atoms with van der Waals surface area (Å²) in [6.07, 6.45) is 7.55. The Bertz CT molecular complexity index is 901. The van der Waals surface area contributed by atoms with Gasteiger partial charge in [0.1, 0.15) is 0 Å². The van der Waals surface area contributed by atoms with Gasteiger partial charge in [0.25, 0.3) is 0 Å². The van der Waals surface area contributed by atoms with Crippen molar-refractivity contribution < 1.29 is 0 Å². The van der Waals surface area contributed by atoms with Crippen LogP contribution in [0.2, 0.25) is 0 Å². The third-order valence-electron chi connectivity index (χ3n) is 4.22. The van der Waals surface area contributed by atoms with Crippen LogP contribution in [-0.2, 0) is 26.2 Å². The molecule has 0 aliphatic rings. The highest BCUT2D eigenvalue weighted by molar-refractivity contribution is 5.06. The quantitative estimate of drug-likeness (QED) is 0.464. The van der Waals surface area contributed by atoms with Crippen LogP contribution in [0, 0.1) is 0 Å². The Hall–Kier alpha value is -3.36. The molecule has 0 aliphatic carbocycles. The maximum absolute atomic E-state index is 4.38. The summed E-state index contributed by atoms with van der Waals surface area (Å²) in [6, 6.07) is 15.8. The van der Waals surface area contributed by atoms with Crippen molar-refractivity contribution in [3.05, 3.63) is 96.4 Å². The molecule has 0 radical (unpaired) electrons. The second-order valence-corrected chi connectivity index (χ2v) is 6.26. The van der Waals surface area contributed by atoms with Crippen molar-refractivity contribution in [3.8, 4) is 0 Å². The lowest BCUT2D eigenvalue weighted by atomic mass is 10.3. The Kier molecular flexibility index (Phi) is 5.81. The zero-order valence-corrected chi connectivity index (χ0v) is 15.4. The van der Waals surface area contributed by atoms with Crippen LogP contribution in [0.4, 0.5) is 0 Å². The summed E-state index contributed by atoms with van der Waals surface area (Å²) >= 11 is 0. The Morgan fingerprint density at radius 1 is 0.643 bits per heavy atom. The number of hydrogen-bond donors (Lipinski definition) is 2. The standard InChI is InChI=1S/C20H22N8/c1-3-9-23-17(7-1)13-21-15-19-25-26-20(28(19)27-11-5-6-12-27)16-22-14-18-8-2-4-10-24-18/h1-12,21-22H,13-16H2. The van der Waals surface area contributed by atoms with Gasteiger partial charge in [-0.2, -0.15) is 0 Å². The summed E-state index contributed by atoms with van der Waals surface area (Å²) in [5, 5.41) is 15.5. The maximum Gasteiger partial charge on any atom is 0.166 e. The number of nitrogens with one attached hydrogen (secondary N) is 2. The van der Waals surface area contributed by atoms with Crippen molar-refractivity contribution in [2.24, 2.45) is 0 Å². The highest BCUT2D eigenvalue weighted by atomic mass is 15.5. The van der Waals surface area contributed by atoms with Crippen LogP contribution in [0.5, 0.6) is 0 Å². The molecule has 0 fully saturated rings. The molecule has 4 heterocycles. The average molecular weight is 374 g/mol. The molecule has 0 atom stereocenters. The van der Waals surface area contributed by atoms with Gasteiger partial charge in [-0.15, -0.1) is 10.2 Å². The summed E-state index contributed by atoms with van der Waals surface area (Å²) in [7, 11) is 0. The lowest BCUT2D eigenvalue weighted by molar-refractivity contribution is 0.532. The van der Waals surface area contributed by atoms with E-state index in [2.05, 4.69) is 30.8 Å². The first-order chi connectivity index (χ1) is 13.9. The van der Waals surface area contributed by atoms with Gasteiger partial charge in [0.2, 0.25) is 0 Å². The topological polar surface area (TPSA) is 85.5 Å². The van der Waals surface area contributed by atoms with Crippen LogP contribution in [-0.4, -0.2) is 29.5 Å². The molecule has 4 aromatic heterocycles. The predicted octanol–water partition coefficient (Wildman–Crippen LogP) is 1.76. The highest BCUT2D eigenvalue weighted by Crippen LogP contribution is 2.06. The summed E-state index contributed by atoms with van der Waals surface area (Å²) < 4.78 is 3.99. The van der Waals surface area contributed by atoms with Crippen LogP contribution in [0.1, 0.15) is 23.0 Å². The summed E-state index contributed by atoms with van der Waals surface area (Å²) in [4.78, 5) is 8.66. The van der Waals surface area contributed by atoms with Gasteiger partial charge in [0, 0.05) is 37.9 Å². The minimum atomic E-state index is 0.585. The highest BCUT2D eigenvalue weighted by Gasteiger charge is 2.13. The number of hydrogen-bond acceptors (Lipinski definition) is 6. The fourth-order valence-corrected chi connectivity index (χ4v) is 2.91. The lowest BCUT2D eigenvalue weighted by Gasteiger charge is -2.12. The van der Waals surface area contributed by atoms with Gasteiger partial charge in [0.05, 0.1) is 24.5 Å². The molecule has 142 valence electrons. The van der Waals surface area contributed by atoms with Crippen molar-refractivity contribution in [1.82, 2.24) is 40.2 Å². The van der Waals surface area contributed by atoms with Crippen LogP contribution < -0.4 is 10.6 Å². The minimum absolute atomic E-state index is 0.585. The lowest BCUT2D eigenvalue weighted by Crippen LogP contribution is -2.23. The monoisotopic (exact) mass is 374 g/mol. The summed E-state index contributed by atoms with van der Waals surface area (Å²) in [5.41, 5.74) is 1.98. The molecule has 0 amide bonds. The average Bonchev–Trinajstić information content (AvgIpc) is 3.40. The Morgan fingerprint density at radius 2 is 1.18 bits per heavy atom. The second kappa shape index (κ2) is 9.03. The molecular formula is C20H22N8. The van der Waals surface area contributed by atoms with E-state index in [0.29, 0.717) is 26.2 Å². The fourth-order valence-electron chi connectivity index (χ4n) is 2.91. The third-order valence-corrected chi connectivity index (χ3v) is 4.22. The van der Waals surface area contributed by atoms with Crippen molar-refractivity contribution in [1.29, 1.82) is 0 Å². The first-order valence-electron chi connectivity index (χ1n) is 9.18. The van der Waals surface area contributed by atoms with Crippen LogP contribution in [0.15, 0.2) is 73.3 Å². The molecule has 28 heavy (non-hydrogen) atoms. The molecule has 8 heteroatoms. The molecular weight excluding hydrogens is 352 g/mol. The number of nitrogens with zero attached hydrogens (tertiary/aromatic N) is 6. The van der Waals surface area contributed by atoms with E-state index in [9.17, 15) is 0 Å². The Labute approximate surface area is 163 Å². The summed E-state index contributed by atoms with van der Waals surface area (Å²) in [6.45, 7) is 2.52. The van der Waals surface area contributed by atoms with Crippen LogP contribution in [0.3, 0.4) is 0 Å². The van der Waals surface area contributed by atoms with Crippen molar-refractivity contribution in [2.45, 2.75) is 26.2 Å². The van der Waals surface area contributed by atoms with Gasteiger partial charge in [-0.05, 0) is 36.4 Å². The number of pyridine rings is 2. The molecule has 0 unspecified atom stereocenters. The third kappa shape index (κ3) is 4.48. The van der Waals surface area contributed by atoms with Gasteiger partial charge in [0.15, 0.2) is 11.6 Å². The van der Waals surface area contributed by atoms with E-state index in [4.69, 9.17) is 0 Å². The zero-order chi connectivity index (χ0) is 19.0. The first-order valence-corrected chi connectivity index (χ1v) is 9.18. The molecule has 8 nitrogen and oxygen atoms in total. The van der Waals surface area contributed by atoms with Crippen molar-refractivity contribution >= 4 is 0 Å². The maximum atomic E-state index is 4.38. The van der Waals surface area contributed by atoms with E-state index in [1.807, 2.05) is 70.3 Å². The van der Waals surface area contributed by atoms with Crippen molar-refractivity contribution in [3.63, 3.8) is 0 Å². The van der Waals surface area contributed by atoms with Crippen LogP contribution in [0.25, 0.3) is 0 Å². The molecule has 0 saturated heterocycles. The molecule has 0 spiro atoms. The van der Waals surface area contributed by atoms with Gasteiger partial charge in [-0.25, -0.2) is 4.68 Å². The smallest absolute Gasteiger partial charge is 0.166 e. The van der Waals surface area contributed by atoms with Gasteiger partial charge >= 0.3 is 0 Å². The number of rotatable bonds is 9. The van der Waals surface area contributed by atoms with Gasteiger partial charge in [-0.3, -0.25) is 14.6 Å². The number of aromatic nitrogens is 6. The largest absolute Gasteiger partial charge is 0.304 e. The summed E-state index contributed by atoms with van der Waals surface area (Å²) in [5.74, 6) is 1.67. The molecule has 4 rings (SSSR count). The van der Waals surface area contributed by atoms with E-state index in [-0.39, 0.29) is 0 Å². The van der Waals surface area contributed by atoms with E-state index < -0.39 is 0 Å². The van der Waals surface area contributed by atoms with Crippen LogP contribution >= 0.6 is 0 Å². The molecule has 4 aromatic rings. The molecule has 0 saturated carbocycles.